The summed E-state index contributed by atoms with van der Waals surface area (Å²) in [7, 11) is 3.27. The van der Waals surface area contributed by atoms with Crippen molar-refractivity contribution in [2.45, 2.75) is 36.6 Å². The molecule has 32 heavy (non-hydrogen) atoms. The molecule has 2 aromatic carbocycles. The first-order valence-electron chi connectivity index (χ1n) is 10.3. The number of cyclic esters (lactones) is 1. The maximum Gasteiger partial charge on any atom is 0.309 e. The average molecular weight is 455 g/mol. The number of hydrogen-bond donors (Lipinski definition) is 2. The van der Waals surface area contributed by atoms with Crippen molar-refractivity contribution >= 4 is 17.7 Å². The molecule has 0 spiro atoms. The number of para-hydroxylation sites is 2. The Kier molecular flexibility index (Phi) is 6.43. The van der Waals surface area contributed by atoms with E-state index in [1.807, 2.05) is 48.5 Å². The average Bonchev–Trinajstić information content (AvgIpc) is 3.20. The normalized spacial score (nSPS) is 20.6. The number of esters is 1. The molecule has 1 fully saturated rings. The van der Waals surface area contributed by atoms with E-state index in [0.717, 1.165) is 28.3 Å². The zero-order valence-corrected chi connectivity index (χ0v) is 19.1. The summed E-state index contributed by atoms with van der Waals surface area (Å²) in [6.45, 7) is 1.66. The zero-order valence-electron chi connectivity index (χ0n) is 18.3. The van der Waals surface area contributed by atoms with Gasteiger partial charge in [0.05, 0.1) is 31.9 Å². The number of ether oxygens (including phenoxy) is 3. The molecule has 1 aliphatic heterocycles. The van der Waals surface area contributed by atoms with Crippen LogP contribution in [0.5, 0.6) is 11.5 Å². The molecule has 1 saturated heterocycles. The molecule has 0 saturated carbocycles. The van der Waals surface area contributed by atoms with Crippen molar-refractivity contribution in [1.29, 1.82) is 0 Å². The molecule has 7 nitrogen and oxygen atoms in total. The lowest BCUT2D eigenvalue weighted by molar-refractivity contribution is -0.165. The summed E-state index contributed by atoms with van der Waals surface area (Å²) < 4.78 is 16.6. The Morgan fingerprint density at radius 1 is 1.12 bits per heavy atom. The Morgan fingerprint density at radius 2 is 1.75 bits per heavy atom. The van der Waals surface area contributed by atoms with Crippen molar-refractivity contribution in [3.8, 4) is 34.0 Å². The molecule has 2 heterocycles. The lowest BCUT2D eigenvalue weighted by Crippen LogP contribution is -2.41. The van der Waals surface area contributed by atoms with Crippen LogP contribution in [0.3, 0.4) is 0 Å². The second-order valence-corrected chi connectivity index (χ2v) is 8.98. The molecule has 1 aromatic heterocycles. The van der Waals surface area contributed by atoms with Crippen LogP contribution in [-0.4, -0.2) is 52.7 Å². The van der Waals surface area contributed by atoms with Gasteiger partial charge in [0.2, 0.25) is 0 Å². The number of aliphatic hydroxyl groups is 1. The minimum absolute atomic E-state index is 0.0187. The third-order valence-corrected chi connectivity index (χ3v) is 6.32. The number of aromatic nitrogens is 2. The maximum atomic E-state index is 11.8. The summed E-state index contributed by atoms with van der Waals surface area (Å²) in [4.78, 5) is 20.1. The van der Waals surface area contributed by atoms with E-state index in [1.165, 1.54) is 11.8 Å². The maximum absolute atomic E-state index is 11.8. The van der Waals surface area contributed by atoms with Crippen molar-refractivity contribution in [1.82, 2.24) is 9.97 Å². The van der Waals surface area contributed by atoms with Crippen LogP contribution < -0.4 is 9.47 Å². The molecule has 0 amide bonds. The molecule has 2 atom stereocenters. The Hall–Kier alpha value is -2.97. The molecule has 0 aliphatic carbocycles. The number of nitrogens with zero attached hydrogens (tertiary/aromatic N) is 1. The second kappa shape index (κ2) is 9.26. The highest BCUT2D eigenvalue weighted by molar-refractivity contribution is 7.99. The third-order valence-electron chi connectivity index (χ3n) is 5.32. The number of nitrogens with one attached hydrogen (secondary N) is 1. The number of methoxy groups -OCH3 is 2. The van der Waals surface area contributed by atoms with Crippen molar-refractivity contribution in [3.63, 3.8) is 0 Å². The minimum Gasteiger partial charge on any atom is -0.496 e. The summed E-state index contributed by atoms with van der Waals surface area (Å²) in [5, 5.41) is 11.0. The number of rotatable bonds is 7. The Balaban J connectivity index is 1.69. The first-order chi connectivity index (χ1) is 15.4. The number of imidazole rings is 1. The highest BCUT2D eigenvalue weighted by atomic mass is 32.2. The predicted molar refractivity (Wildman–Crippen MR) is 123 cm³/mol. The topological polar surface area (TPSA) is 93.7 Å². The molecule has 1 aliphatic rings. The predicted octanol–water partition coefficient (Wildman–Crippen LogP) is 4.31. The van der Waals surface area contributed by atoms with Gasteiger partial charge in [0, 0.05) is 23.3 Å². The molecule has 0 radical (unpaired) electrons. The SMILES string of the molecule is COc1ccccc1-c1nc(SC[C@@H]2C[C@](C)(O)CC(=O)O2)[nH]c1-c1ccccc1OC. The molecule has 0 bridgehead atoms. The fourth-order valence-corrected chi connectivity index (χ4v) is 4.77. The van der Waals surface area contributed by atoms with Crippen molar-refractivity contribution < 1.29 is 24.1 Å². The van der Waals surface area contributed by atoms with Gasteiger partial charge < -0.3 is 24.3 Å². The van der Waals surface area contributed by atoms with Gasteiger partial charge in [-0.3, -0.25) is 4.79 Å². The molecule has 4 rings (SSSR count). The standard InChI is InChI=1S/C24H26N2O5S/c1-24(28)12-15(31-20(27)13-24)14-32-23-25-21(16-8-4-6-10-18(16)29-2)22(26-23)17-9-5-7-11-19(17)30-3/h4-11,15,28H,12-14H2,1-3H3,(H,25,26)/t15-,24-/m0/s1. The number of hydrogen-bond acceptors (Lipinski definition) is 7. The second-order valence-electron chi connectivity index (χ2n) is 7.97. The summed E-state index contributed by atoms with van der Waals surface area (Å²) in [6, 6.07) is 15.4. The molecule has 2 N–H and O–H groups in total. The Bertz CT molecular complexity index is 1050. The van der Waals surface area contributed by atoms with Crippen LogP contribution in [0.4, 0.5) is 0 Å². The van der Waals surface area contributed by atoms with E-state index in [0.29, 0.717) is 23.1 Å². The fourth-order valence-electron chi connectivity index (χ4n) is 3.91. The Labute approximate surface area is 191 Å². The van der Waals surface area contributed by atoms with E-state index >= 15 is 0 Å². The fraction of sp³-hybridized carbons (Fsp3) is 0.333. The monoisotopic (exact) mass is 454 g/mol. The van der Waals surface area contributed by atoms with E-state index in [9.17, 15) is 9.90 Å². The molecule has 0 unspecified atom stereocenters. The van der Waals surface area contributed by atoms with Gasteiger partial charge in [0.25, 0.3) is 0 Å². The molecule has 168 valence electrons. The van der Waals surface area contributed by atoms with Gasteiger partial charge in [-0.25, -0.2) is 4.98 Å². The number of H-pyrrole nitrogens is 1. The van der Waals surface area contributed by atoms with Crippen LogP contribution in [0, 0.1) is 0 Å². The van der Waals surface area contributed by atoms with Crippen LogP contribution in [0.2, 0.25) is 0 Å². The van der Waals surface area contributed by atoms with Crippen LogP contribution >= 0.6 is 11.8 Å². The lowest BCUT2D eigenvalue weighted by Gasteiger charge is -2.32. The van der Waals surface area contributed by atoms with Crippen molar-refractivity contribution in [3.05, 3.63) is 48.5 Å². The number of carbonyl (C=O) groups excluding carboxylic acids is 1. The highest BCUT2D eigenvalue weighted by Gasteiger charge is 2.36. The summed E-state index contributed by atoms with van der Waals surface area (Å²) in [5.41, 5.74) is 2.23. The number of aromatic amines is 1. The number of thioether (sulfide) groups is 1. The van der Waals surface area contributed by atoms with E-state index in [1.54, 1.807) is 21.1 Å². The van der Waals surface area contributed by atoms with E-state index in [2.05, 4.69) is 4.98 Å². The van der Waals surface area contributed by atoms with Crippen LogP contribution in [0.1, 0.15) is 19.8 Å². The van der Waals surface area contributed by atoms with Gasteiger partial charge in [0.15, 0.2) is 5.16 Å². The number of benzene rings is 2. The molecule has 8 heteroatoms. The molecule has 3 aromatic rings. The van der Waals surface area contributed by atoms with Crippen molar-refractivity contribution in [2.24, 2.45) is 0 Å². The van der Waals surface area contributed by atoms with Gasteiger partial charge in [0.1, 0.15) is 23.3 Å². The first-order valence-corrected chi connectivity index (χ1v) is 11.3. The summed E-state index contributed by atoms with van der Waals surface area (Å²) in [5.74, 6) is 1.53. The Morgan fingerprint density at radius 3 is 2.41 bits per heavy atom. The molecular formula is C24H26N2O5S. The first kappa shape index (κ1) is 22.2. The van der Waals surface area contributed by atoms with Gasteiger partial charge >= 0.3 is 5.97 Å². The smallest absolute Gasteiger partial charge is 0.309 e. The van der Waals surface area contributed by atoms with E-state index < -0.39 is 5.60 Å². The largest absolute Gasteiger partial charge is 0.496 e. The summed E-state index contributed by atoms with van der Waals surface area (Å²) in [6.07, 6.45) is 0.0292. The lowest BCUT2D eigenvalue weighted by atomic mass is 9.93. The third kappa shape index (κ3) is 4.76. The number of carbonyl (C=O) groups is 1. The minimum atomic E-state index is -1.05. The van der Waals surface area contributed by atoms with Gasteiger partial charge in [-0.15, -0.1) is 0 Å². The van der Waals surface area contributed by atoms with Gasteiger partial charge in [-0.1, -0.05) is 36.0 Å². The highest BCUT2D eigenvalue weighted by Crippen LogP contribution is 2.40. The van der Waals surface area contributed by atoms with E-state index in [-0.39, 0.29) is 18.5 Å². The quantitative estimate of drug-likeness (QED) is 0.406. The summed E-state index contributed by atoms with van der Waals surface area (Å²) >= 11 is 1.44. The zero-order chi connectivity index (χ0) is 22.7. The van der Waals surface area contributed by atoms with Gasteiger partial charge in [-0.2, -0.15) is 0 Å². The van der Waals surface area contributed by atoms with Crippen molar-refractivity contribution in [2.75, 3.05) is 20.0 Å². The molecular weight excluding hydrogens is 428 g/mol. The van der Waals surface area contributed by atoms with Crippen LogP contribution in [0.25, 0.3) is 22.5 Å². The van der Waals surface area contributed by atoms with E-state index in [4.69, 9.17) is 19.2 Å². The van der Waals surface area contributed by atoms with Crippen LogP contribution in [-0.2, 0) is 9.53 Å². The van der Waals surface area contributed by atoms with Gasteiger partial charge in [-0.05, 0) is 31.2 Å². The van der Waals surface area contributed by atoms with Crippen LogP contribution in [0.15, 0.2) is 53.7 Å².